The lowest BCUT2D eigenvalue weighted by Gasteiger charge is -2.28. The lowest BCUT2D eigenvalue weighted by atomic mass is 9.86. The molecule has 0 spiro atoms. The number of nitrogens with zero attached hydrogens (tertiary/aromatic N) is 4. The topological polar surface area (TPSA) is 15.3 Å². The van der Waals surface area contributed by atoms with Crippen LogP contribution in [0.4, 0.5) is 34.1 Å². The van der Waals surface area contributed by atoms with E-state index in [0.717, 1.165) is 11.4 Å². The summed E-state index contributed by atoms with van der Waals surface area (Å²) in [5.41, 5.74) is 22.4. The van der Waals surface area contributed by atoms with Gasteiger partial charge in [-0.25, -0.2) is 0 Å². The maximum atomic E-state index is 2.60. The molecule has 78 heavy (non-hydrogen) atoms. The standard InChI is InChI=1S/C74H74N4/c1-43(2)47-21-27-53(28-22-47)75(55-19-15-17-49(37-55)45(5)6)65-35-31-57-59-41-68-60(42-67(59)77-63-33-25-51(73(9,10)11)39-61(63)69(65)71(57)77)58-32-36-66(70-62-40-52(74(12,13)14)26-34-64(62)78(68)72(58)70)76(54-29-23-48(24-30-54)44(3)4)56-20-16-18-50(38-56)46(7)8/h15-46H,1-14H3. The zero-order chi connectivity index (χ0) is 54.4. The Balaban J connectivity index is 1.13. The second-order valence-electron chi connectivity index (χ2n) is 25.9. The highest BCUT2D eigenvalue weighted by Crippen LogP contribution is 2.52. The molecule has 0 atom stereocenters. The van der Waals surface area contributed by atoms with Crippen LogP contribution in [-0.2, 0) is 10.8 Å². The lowest BCUT2D eigenvalue weighted by Crippen LogP contribution is -2.11. The summed E-state index contributed by atoms with van der Waals surface area (Å²) < 4.78 is 5.21. The van der Waals surface area contributed by atoms with Gasteiger partial charge in [0.05, 0.1) is 44.5 Å². The van der Waals surface area contributed by atoms with Crippen LogP contribution < -0.4 is 9.80 Å². The van der Waals surface area contributed by atoms with Gasteiger partial charge in [0.25, 0.3) is 0 Å². The van der Waals surface area contributed by atoms with Crippen molar-refractivity contribution in [2.45, 2.75) is 131 Å². The van der Waals surface area contributed by atoms with E-state index in [9.17, 15) is 0 Å². The van der Waals surface area contributed by atoms with Crippen LogP contribution >= 0.6 is 0 Å². The van der Waals surface area contributed by atoms with E-state index in [1.807, 2.05) is 0 Å². The number of aromatic nitrogens is 2. The molecule has 390 valence electrons. The van der Waals surface area contributed by atoms with Crippen LogP contribution in [0.3, 0.4) is 0 Å². The van der Waals surface area contributed by atoms with Crippen molar-refractivity contribution in [2.75, 3.05) is 9.80 Å². The number of rotatable bonds is 10. The van der Waals surface area contributed by atoms with Gasteiger partial charge in [-0.3, -0.25) is 0 Å². The highest BCUT2D eigenvalue weighted by atomic mass is 15.2. The molecule has 0 aliphatic heterocycles. The van der Waals surface area contributed by atoms with Gasteiger partial charge in [-0.15, -0.1) is 0 Å². The Bertz CT molecular complexity index is 4160. The van der Waals surface area contributed by atoms with Crippen LogP contribution in [0.25, 0.3) is 76.2 Å². The maximum Gasteiger partial charge on any atom is 0.0641 e. The Labute approximate surface area is 461 Å². The first kappa shape index (κ1) is 49.7. The van der Waals surface area contributed by atoms with E-state index in [0.29, 0.717) is 23.7 Å². The summed E-state index contributed by atoms with van der Waals surface area (Å²) in [7, 11) is 0. The third-order valence-corrected chi connectivity index (χ3v) is 17.4. The van der Waals surface area contributed by atoms with Gasteiger partial charge in [0.2, 0.25) is 0 Å². The molecule has 0 unspecified atom stereocenters. The molecule has 0 aliphatic carbocycles. The van der Waals surface area contributed by atoms with Crippen molar-refractivity contribution in [2.24, 2.45) is 0 Å². The van der Waals surface area contributed by atoms with Gasteiger partial charge in [-0.1, -0.05) is 170 Å². The molecule has 0 amide bonds. The van der Waals surface area contributed by atoms with Gasteiger partial charge in [0, 0.05) is 65.8 Å². The summed E-state index contributed by atoms with van der Waals surface area (Å²) in [6.07, 6.45) is 0. The first-order valence-electron chi connectivity index (χ1n) is 28.7. The van der Waals surface area contributed by atoms with E-state index in [1.54, 1.807) is 0 Å². The summed E-state index contributed by atoms with van der Waals surface area (Å²) in [5.74, 6) is 1.67. The molecular formula is C74H74N4. The van der Waals surface area contributed by atoms with E-state index in [-0.39, 0.29) is 10.8 Å². The van der Waals surface area contributed by atoms with Crippen molar-refractivity contribution in [3.63, 3.8) is 0 Å². The van der Waals surface area contributed by atoms with Crippen LogP contribution in [-0.4, -0.2) is 8.80 Å². The molecule has 0 aliphatic rings. The van der Waals surface area contributed by atoms with Crippen molar-refractivity contribution < 1.29 is 0 Å². The van der Waals surface area contributed by atoms with Crippen LogP contribution in [0.5, 0.6) is 0 Å². The Morgan fingerprint density at radius 1 is 0.308 bits per heavy atom. The molecule has 0 saturated carbocycles. The first-order valence-corrected chi connectivity index (χ1v) is 28.7. The maximum absolute atomic E-state index is 2.60. The third-order valence-electron chi connectivity index (χ3n) is 17.4. The van der Waals surface area contributed by atoms with Crippen molar-refractivity contribution in [3.05, 3.63) is 203 Å². The molecule has 0 bridgehead atoms. The smallest absolute Gasteiger partial charge is 0.0641 e. The molecule has 4 nitrogen and oxygen atoms in total. The van der Waals surface area contributed by atoms with Crippen LogP contribution in [0, 0.1) is 0 Å². The fraction of sp³-hybridized carbons (Fsp3) is 0.270. The van der Waals surface area contributed by atoms with Gasteiger partial charge in [0.15, 0.2) is 0 Å². The number of hydrogen-bond donors (Lipinski definition) is 0. The minimum absolute atomic E-state index is 0.0348. The molecule has 13 rings (SSSR count). The lowest BCUT2D eigenvalue weighted by molar-refractivity contribution is 0.591. The second kappa shape index (κ2) is 17.9. The van der Waals surface area contributed by atoms with Crippen LogP contribution in [0.15, 0.2) is 170 Å². The monoisotopic (exact) mass is 1020 g/mol. The second-order valence-corrected chi connectivity index (χ2v) is 25.9. The SMILES string of the molecule is CC(C)c1ccc(N(c2cccc(C(C)C)c2)c2ccc3c4cc5c(cc4n4c6ccc(C(C)(C)C)cc6c2c34)c2ccc(N(c3ccc(C(C)C)cc3)c3cccc(C(C)C)c3)c3c4cc(C(C)(C)C)ccc4n5c23)cc1. The van der Waals surface area contributed by atoms with Crippen LogP contribution in [0.1, 0.15) is 154 Å². The zero-order valence-corrected chi connectivity index (χ0v) is 48.3. The molecule has 0 N–H and O–H groups in total. The van der Waals surface area contributed by atoms with E-state index in [2.05, 4.69) is 285 Å². The fourth-order valence-electron chi connectivity index (χ4n) is 12.8. The Morgan fingerprint density at radius 3 is 1.03 bits per heavy atom. The molecule has 4 heteroatoms. The first-order chi connectivity index (χ1) is 37.3. The molecule has 0 radical (unpaired) electrons. The summed E-state index contributed by atoms with van der Waals surface area (Å²) in [6.45, 7) is 32.3. The molecule has 4 heterocycles. The largest absolute Gasteiger partial charge is 0.310 e. The van der Waals surface area contributed by atoms with Crippen molar-refractivity contribution in [1.82, 2.24) is 8.80 Å². The average molecular weight is 1020 g/mol. The Kier molecular flexibility index (Phi) is 11.4. The summed E-state index contributed by atoms with van der Waals surface area (Å²) >= 11 is 0. The highest BCUT2D eigenvalue weighted by Gasteiger charge is 2.30. The number of fused-ring (bicyclic) bond motifs is 12. The third kappa shape index (κ3) is 7.68. The normalized spacial score (nSPS) is 12.9. The number of anilines is 6. The molecule has 0 fully saturated rings. The number of benzene rings is 9. The minimum atomic E-state index is -0.0348. The molecule has 13 aromatic rings. The van der Waals surface area contributed by atoms with Crippen molar-refractivity contribution in [1.29, 1.82) is 0 Å². The molecule has 4 aromatic heterocycles. The Hall–Kier alpha value is -7.82. The summed E-state index contributed by atoms with van der Waals surface area (Å²) in [5, 5.41) is 10.2. The predicted octanol–water partition coefficient (Wildman–Crippen LogP) is 22.0. The van der Waals surface area contributed by atoms with Gasteiger partial charge in [-0.2, -0.15) is 0 Å². The van der Waals surface area contributed by atoms with Crippen LogP contribution in [0.2, 0.25) is 0 Å². The van der Waals surface area contributed by atoms with Crippen molar-refractivity contribution in [3.8, 4) is 0 Å². The van der Waals surface area contributed by atoms with E-state index >= 15 is 0 Å². The van der Waals surface area contributed by atoms with Gasteiger partial charge < -0.3 is 18.6 Å². The molecular weight excluding hydrogens is 945 g/mol. The van der Waals surface area contributed by atoms with Gasteiger partial charge in [0.1, 0.15) is 0 Å². The van der Waals surface area contributed by atoms with E-state index in [1.165, 1.54) is 132 Å². The van der Waals surface area contributed by atoms with Crippen molar-refractivity contribution >= 4 is 110 Å². The van der Waals surface area contributed by atoms with Gasteiger partial charge >= 0.3 is 0 Å². The number of hydrogen-bond acceptors (Lipinski definition) is 2. The van der Waals surface area contributed by atoms with Gasteiger partial charge in [-0.05, 0) is 165 Å². The average Bonchev–Trinajstić information content (AvgIpc) is 4.32. The van der Waals surface area contributed by atoms with E-state index < -0.39 is 0 Å². The molecule has 0 saturated heterocycles. The predicted molar refractivity (Wildman–Crippen MR) is 339 cm³/mol. The quantitative estimate of drug-likeness (QED) is 0.136. The summed E-state index contributed by atoms with van der Waals surface area (Å²) in [6, 6.07) is 66.3. The highest BCUT2D eigenvalue weighted by molar-refractivity contribution is 6.32. The minimum Gasteiger partial charge on any atom is -0.310 e. The molecule has 9 aromatic carbocycles. The zero-order valence-electron chi connectivity index (χ0n) is 48.3. The summed E-state index contributed by atoms with van der Waals surface area (Å²) in [4.78, 5) is 5.05. The Morgan fingerprint density at radius 2 is 0.679 bits per heavy atom. The fourth-order valence-corrected chi connectivity index (χ4v) is 12.8. The van der Waals surface area contributed by atoms with E-state index in [4.69, 9.17) is 0 Å².